The first-order valence-corrected chi connectivity index (χ1v) is 7.34. The summed E-state index contributed by atoms with van der Waals surface area (Å²) in [6.45, 7) is 6.23. The number of amides is 1. The van der Waals surface area contributed by atoms with Gasteiger partial charge in [0.15, 0.2) is 0 Å². The van der Waals surface area contributed by atoms with E-state index in [1.807, 2.05) is 12.1 Å². The molecular formula is C16H23NO4. The first-order chi connectivity index (χ1) is 10.1. The summed E-state index contributed by atoms with van der Waals surface area (Å²) in [6, 6.07) is 7.20. The topological polar surface area (TPSA) is 59.0 Å². The van der Waals surface area contributed by atoms with E-state index < -0.39 is 0 Å². The molecule has 1 aromatic rings. The summed E-state index contributed by atoms with van der Waals surface area (Å²) < 4.78 is 11.0. The van der Waals surface area contributed by atoms with E-state index in [4.69, 9.17) is 14.6 Å². The number of rotatable bonds is 5. The van der Waals surface area contributed by atoms with Crippen LogP contribution in [0.25, 0.3) is 0 Å². The van der Waals surface area contributed by atoms with Crippen LogP contribution in [0.5, 0.6) is 5.75 Å². The zero-order chi connectivity index (χ0) is 15.2. The molecule has 1 N–H and O–H groups in total. The highest BCUT2D eigenvalue weighted by atomic mass is 16.5. The summed E-state index contributed by atoms with van der Waals surface area (Å²) in [5.74, 6) is 1.21. The lowest BCUT2D eigenvalue weighted by Gasteiger charge is -2.32. The van der Waals surface area contributed by atoms with E-state index in [1.54, 1.807) is 17.0 Å². The van der Waals surface area contributed by atoms with Gasteiger partial charge in [-0.15, -0.1) is 0 Å². The molecule has 0 aromatic heterocycles. The monoisotopic (exact) mass is 293 g/mol. The summed E-state index contributed by atoms with van der Waals surface area (Å²) in [5.41, 5.74) is 0.630. The zero-order valence-corrected chi connectivity index (χ0v) is 12.6. The van der Waals surface area contributed by atoms with Crippen molar-refractivity contribution < 1.29 is 19.4 Å². The van der Waals surface area contributed by atoms with Crippen LogP contribution in [-0.2, 0) is 4.74 Å². The average Bonchev–Trinajstić information content (AvgIpc) is 2.52. The molecule has 5 nitrogen and oxygen atoms in total. The van der Waals surface area contributed by atoms with Gasteiger partial charge in [0.2, 0.25) is 0 Å². The highest BCUT2D eigenvalue weighted by Crippen LogP contribution is 2.16. The van der Waals surface area contributed by atoms with Gasteiger partial charge in [-0.3, -0.25) is 4.79 Å². The minimum Gasteiger partial charge on any atom is -0.493 e. The molecule has 1 aromatic carbocycles. The van der Waals surface area contributed by atoms with Crippen molar-refractivity contribution in [1.29, 1.82) is 0 Å². The van der Waals surface area contributed by atoms with Crippen LogP contribution in [0.4, 0.5) is 0 Å². The molecule has 21 heavy (non-hydrogen) atoms. The van der Waals surface area contributed by atoms with Gasteiger partial charge < -0.3 is 19.5 Å². The lowest BCUT2D eigenvalue weighted by molar-refractivity contribution is -0.0447. The van der Waals surface area contributed by atoms with E-state index in [0.29, 0.717) is 37.8 Å². The molecule has 1 heterocycles. The fraction of sp³-hybridized carbons (Fsp3) is 0.562. The van der Waals surface area contributed by atoms with Crippen molar-refractivity contribution in [3.05, 3.63) is 29.8 Å². The van der Waals surface area contributed by atoms with E-state index in [0.717, 1.165) is 5.75 Å². The van der Waals surface area contributed by atoms with Gasteiger partial charge in [0.1, 0.15) is 5.75 Å². The van der Waals surface area contributed by atoms with Gasteiger partial charge >= 0.3 is 0 Å². The minimum atomic E-state index is -0.281. The van der Waals surface area contributed by atoms with E-state index in [-0.39, 0.29) is 18.6 Å². The van der Waals surface area contributed by atoms with Gasteiger partial charge in [0.25, 0.3) is 5.91 Å². The average molecular weight is 293 g/mol. The number of benzene rings is 1. The van der Waals surface area contributed by atoms with Crippen molar-refractivity contribution in [3.8, 4) is 5.75 Å². The van der Waals surface area contributed by atoms with Gasteiger partial charge in [0.05, 0.1) is 25.9 Å². The molecule has 0 aliphatic carbocycles. The first-order valence-electron chi connectivity index (χ1n) is 7.34. The highest BCUT2D eigenvalue weighted by molar-refractivity contribution is 5.94. The molecular weight excluding hydrogens is 270 g/mol. The Labute approximate surface area is 125 Å². The summed E-state index contributed by atoms with van der Waals surface area (Å²) in [7, 11) is 0. The van der Waals surface area contributed by atoms with Crippen LogP contribution >= 0.6 is 0 Å². The van der Waals surface area contributed by atoms with Gasteiger partial charge in [-0.25, -0.2) is 0 Å². The van der Waals surface area contributed by atoms with Crippen LogP contribution in [0.3, 0.4) is 0 Å². The quantitative estimate of drug-likeness (QED) is 0.895. The Bertz CT molecular complexity index is 458. The summed E-state index contributed by atoms with van der Waals surface area (Å²) in [6.07, 6.45) is -0.281. The smallest absolute Gasteiger partial charge is 0.254 e. The number of ether oxygens (including phenoxy) is 2. The normalized spacial score (nSPS) is 18.9. The number of hydrogen-bond donors (Lipinski definition) is 1. The molecule has 1 unspecified atom stereocenters. The first kappa shape index (κ1) is 15.8. The molecule has 5 heteroatoms. The van der Waals surface area contributed by atoms with Crippen LogP contribution < -0.4 is 4.74 Å². The van der Waals surface area contributed by atoms with Crippen LogP contribution in [0.2, 0.25) is 0 Å². The van der Waals surface area contributed by atoms with Crippen LogP contribution in [0.15, 0.2) is 24.3 Å². The van der Waals surface area contributed by atoms with Crippen molar-refractivity contribution in [2.45, 2.75) is 20.0 Å². The second-order valence-corrected chi connectivity index (χ2v) is 5.66. The Hall–Kier alpha value is -1.59. The lowest BCUT2D eigenvalue weighted by atomic mass is 10.1. The van der Waals surface area contributed by atoms with E-state index in [2.05, 4.69) is 13.8 Å². The fourth-order valence-electron chi connectivity index (χ4n) is 2.15. The third kappa shape index (κ3) is 4.44. The molecule has 1 atom stereocenters. The molecule has 0 radical (unpaired) electrons. The number of nitrogens with zero attached hydrogens (tertiary/aromatic N) is 1. The summed E-state index contributed by atoms with van der Waals surface area (Å²) >= 11 is 0. The summed E-state index contributed by atoms with van der Waals surface area (Å²) in [5, 5.41) is 9.12. The largest absolute Gasteiger partial charge is 0.493 e. The number of aliphatic hydroxyl groups excluding tert-OH is 1. The molecule has 2 rings (SSSR count). The molecule has 0 bridgehead atoms. The predicted molar refractivity (Wildman–Crippen MR) is 79.5 cm³/mol. The molecule has 0 saturated carbocycles. The second kappa shape index (κ2) is 7.43. The highest BCUT2D eigenvalue weighted by Gasteiger charge is 2.24. The maximum absolute atomic E-state index is 12.4. The van der Waals surface area contributed by atoms with Crippen molar-refractivity contribution in [2.75, 3.05) is 32.9 Å². The summed E-state index contributed by atoms with van der Waals surface area (Å²) in [4.78, 5) is 14.1. The van der Waals surface area contributed by atoms with Crippen molar-refractivity contribution >= 4 is 5.91 Å². The molecule has 1 fully saturated rings. The molecule has 1 aliphatic rings. The molecule has 116 valence electrons. The Kier molecular flexibility index (Phi) is 5.59. The Morgan fingerprint density at radius 3 is 2.76 bits per heavy atom. The Morgan fingerprint density at radius 1 is 1.43 bits per heavy atom. The van der Waals surface area contributed by atoms with Gasteiger partial charge in [0, 0.05) is 18.7 Å². The van der Waals surface area contributed by atoms with Crippen molar-refractivity contribution in [3.63, 3.8) is 0 Å². The SMILES string of the molecule is CC(C)COc1ccc(C(=O)N2CCOC(CO)C2)cc1. The minimum absolute atomic E-state index is 0.0350. The van der Waals surface area contributed by atoms with Crippen molar-refractivity contribution in [1.82, 2.24) is 4.90 Å². The maximum atomic E-state index is 12.4. The van der Waals surface area contributed by atoms with Gasteiger partial charge in [-0.05, 0) is 30.2 Å². The molecule has 0 spiro atoms. The van der Waals surface area contributed by atoms with Gasteiger partial charge in [-0.2, -0.15) is 0 Å². The van der Waals surface area contributed by atoms with E-state index >= 15 is 0 Å². The van der Waals surface area contributed by atoms with Crippen LogP contribution in [0, 0.1) is 5.92 Å². The molecule has 1 saturated heterocycles. The van der Waals surface area contributed by atoms with Crippen LogP contribution in [0.1, 0.15) is 24.2 Å². The Morgan fingerprint density at radius 2 is 2.14 bits per heavy atom. The number of hydrogen-bond acceptors (Lipinski definition) is 4. The molecule has 1 amide bonds. The second-order valence-electron chi connectivity index (χ2n) is 5.66. The maximum Gasteiger partial charge on any atom is 0.254 e. The predicted octanol–water partition coefficient (Wildman–Crippen LogP) is 1.55. The standard InChI is InChI=1S/C16H23NO4/c1-12(2)11-21-14-5-3-13(4-6-14)16(19)17-7-8-20-15(9-17)10-18/h3-6,12,15,18H,7-11H2,1-2H3. The molecule has 1 aliphatic heterocycles. The number of morpholine rings is 1. The number of carbonyl (C=O) groups is 1. The van der Waals surface area contributed by atoms with E-state index in [1.165, 1.54) is 0 Å². The lowest BCUT2D eigenvalue weighted by Crippen LogP contribution is -2.46. The third-order valence-electron chi connectivity index (χ3n) is 3.31. The third-order valence-corrected chi connectivity index (χ3v) is 3.31. The Balaban J connectivity index is 1.96. The zero-order valence-electron chi connectivity index (χ0n) is 12.6. The van der Waals surface area contributed by atoms with Crippen LogP contribution in [-0.4, -0.2) is 54.9 Å². The van der Waals surface area contributed by atoms with Gasteiger partial charge in [-0.1, -0.05) is 13.8 Å². The number of aliphatic hydroxyl groups is 1. The fourth-order valence-corrected chi connectivity index (χ4v) is 2.15. The number of carbonyl (C=O) groups excluding carboxylic acids is 1. The van der Waals surface area contributed by atoms with Crippen molar-refractivity contribution in [2.24, 2.45) is 5.92 Å². The van der Waals surface area contributed by atoms with E-state index in [9.17, 15) is 4.79 Å².